The van der Waals surface area contributed by atoms with Gasteiger partial charge in [0, 0.05) is 18.4 Å². The Morgan fingerprint density at radius 3 is 2.41 bits per heavy atom. The van der Waals surface area contributed by atoms with Crippen LogP contribution in [0.4, 0.5) is 28.9 Å². The molecule has 0 aliphatic heterocycles. The second-order valence-corrected chi connectivity index (χ2v) is 5.59. The molecule has 4 nitrogen and oxygen atoms in total. The SMILES string of the molecule is O=C(NCc1ccc(F)cc1)c1cc(Nc2ccc(F)c(F)c2F)ccn1. The number of nitrogens with zero attached hydrogens (tertiary/aromatic N) is 1. The number of carbonyl (C=O) groups excluding carboxylic acids is 1. The number of carbonyl (C=O) groups is 1. The van der Waals surface area contributed by atoms with Gasteiger partial charge in [-0.25, -0.2) is 17.6 Å². The third kappa shape index (κ3) is 4.41. The lowest BCUT2D eigenvalue weighted by Crippen LogP contribution is -2.23. The standard InChI is InChI=1S/C19H13F4N3O/c20-12-3-1-11(2-4-12)10-25-19(27)16-9-13(7-8-24-16)26-15-6-5-14(21)17(22)18(15)23/h1-9H,10H2,(H,24,26)(H,25,27). The fourth-order valence-corrected chi connectivity index (χ4v) is 2.29. The maximum atomic E-state index is 13.7. The molecule has 0 saturated carbocycles. The van der Waals surface area contributed by atoms with Crippen LogP contribution in [0, 0.1) is 23.3 Å². The van der Waals surface area contributed by atoms with Crippen molar-refractivity contribution in [3.05, 3.63) is 89.3 Å². The summed E-state index contributed by atoms with van der Waals surface area (Å²) in [5, 5.41) is 5.19. The van der Waals surface area contributed by atoms with Crippen LogP contribution in [0.3, 0.4) is 0 Å². The van der Waals surface area contributed by atoms with Crippen molar-refractivity contribution in [3.63, 3.8) is 0 Å². The van der Waals surface area contributed by atoms with Crippen molar-refractivity contribution in [2.75, 3.05) is 5.32 Å². The Hall–Kier alpha value is -3.42. The summed E-state index contributed by atoms with van der Waals surface area (Å²) in [6.45, 7) is 0.163. The van der Waals surface area contributed by atoms with Crippen molar-refractivity contribution in [2.45, 2.75) is 6.54 Å². The van der Waals surface area contributed by atoms with Gasteiger partial charge in [-0.05, 0) is 42.0 Å². The summed E-state index contributed by atoms with van der Waals surface area (Å²) in [5.74, 6) is -5.14. The molecule has 0 spiro atoms. The third-order valence-electron chi connectivity index (χ3n) is 3.67. The quantitative estimate of drug-likeness (QED) is 0.516. The molecule has 8 heteroatoms. The van der Waals surface area contributed by atoms with Gasteiger partial charge < -0.3 is 10.6 Å². The van der Waals surface area contributed by atoms with Gasteiger partial charge in [-0.15, -0.1) is 0 Å². The van der Waals surface area contributed by atoms with E-state index >= 15 is 0 Å². The van der Waals surface area contributed by atoms with Crippen LogP contribution >= 0.6 is 0 Å². The first-order chi connectivity index (χ1) is 12.9. The monoisotopic (exact) mass is 375 g/mol. The lowest BCUT2D eigenvalue weighted by atomic mass is 10.2. The van der Waals surface area contributed by atoms with E-state index in [4.69, 9.17) is 0 Å². The maximum Gasteiger partial charge on any atom is 0.270 e. The highest BCUT2D eigenvalue weighted by Gasteiger charge is 2.14. The molecule has 138 valence electrons. The Morgan fingerprint density at radius 2 is 1.67 bits per heavy atom. The predicted molar refractivity (Wildman–Crippen MR) is 91.4 cm³/mol. The molecule has 3 aromatic rings. The Balaban J connectivity index is 1.70. The van der Waals surface area contributed by atoms with E-state index in [2.05, 4.69) is 15.6 Å². The lowest BCUT2D eigenvalue weighted by Gasteiger charge is -2.10. The normalized spacial score (nSPS) is 10.5. The molecule has 1 amide bonds. The van der Waals surface area contributed by atoms with Gasteiger partial charge >= 0.3 is 0 Å². The summed E-state index contributed by atoms with van der Waals surface area (Å²) < 4.78 is 52.9. The lowest BCUT2D eigenvalue weighted by molar-refractivity contribution is 0.0946. The zero-order valence-electron chi connectivity index (χ0n) is 13.8. The Bertz CT molecular complexity index is 977. The fraction of sp³-hybridized carbons (Fsp3) is 0.0526. The average molecular weight is 375 g/mol. The number of hydrogen-bond donors (Lipinski definition) is 2. The van der Waals surface area contributed by atoms with Crippen LogP contribution in [0.2, 0.25) is 0 Å². The van der Waals surface area contributed by atoms with Crippen LogP contribution < -0.4 is 10.6 Å². The molecule has 2 N–H and O–H groups in total. The van der Waals surface area contributed by atoms with Gasteiger partial charge in [-0.3, -0.25) is 9.78 Å². The maximum absolute atomic E-state index is 13.7. The van der Waals surface area contributed by atoms with E-state index in [0.29, 0.717) is 5.56 Å². The molecule has 1 aromatic heterocycles. The number of amides is 1. The molecule has 2 aromatic carbocycles. The molecule has 0 radical (unpaired) electrons. The molecule has 0 bridgehead atoms. The minimum Gasteiger partial charge on any atom is -0.353 e. The number of hydrogen-bond acceptors (Lipinski definition) is 3. The molecule has 3 rings (SSSR count). The molecule has 0 atom stereocenters. The highest BCUT2D eigenvalue weighted by atomic mass is 19.2. The van der Waals surface area contributed by atoms with Gasteiger partial charge in [0.05, 0.1) is 5.69 Å². The van der Waals surface area contributed by atoms with Crippen LogP contribution in [0.25, 0.3) is 0 Å². The third-order valence-corrected chi connectivity index (χ3v) is 3.67. The van der Waals surface area contributed by atoms with E-state index in [-0.39, 0.29) is 29.4 Å². The number of halogens is 4. The van der Waals surface area contributed by atoms with E-state index in [9.17, 15) is 22.4 Å². The number of aromatic nitrogens is 1. The van der Waals surface area contributed by atoms with Crippen LogP contribution in [0.1, 0.15) is 16.1 Å². The predicted octanol–water partition coefficient (Wildman–Crippen LogP) is 4.31. The Kier molecular flexibility index (Phi) is 5.35. The van der Waals surface area contributed by atoms with E-state index in [1.165, 1.54) is 42.6 Å². The molecule has 27 heavy (non-hydrogen) atoms. The van der Waals surface area contributed by atoms with E-state index in [1.807, 2.05) is 0 Å². The molecule has 1 heterocycles. The van der Waals surface area contributed by atoms with Crippen molar-refractivity contribution < 1.29 is 22.4 Å². The van der Waals surface area contributed by atoms with Crippen LogP contribution in [-0.2, 0) is 6.54 Å². The zero-order chi connectivity index (χ0) is 19.4. The van der Waals surface area contributed by atoms with Gasteiger partial charge in [0.25, 0.3) is 5.91 Å². The molecule has 0 fully saturated rings. The van der Waals surface area contributed by atoms with Crippen LogP contribution in [-0.4, -0.2) is 10.9 Å². The highest BCUT2D eigenvalue weighted by Crippen LogP contribution is 2.23. The topological polar surface area (TPSA) is 54.0 Å². The molecular formula is C19H13F4N3O. The Labute approximate surface area is 151 Å². The molecule has 0 unspecified atom stereocenters. The first-order valence-electron chi connectivity index (χ1n) is 7.83. The molecular weight excluding hydrogens is 362 g/mol. The summed E-state index contributed by atoms with van der Waals surface area (Å²) in [4.78, 5) is 16.1. The smallest absolute Gasteiger partial charge is 0.270 e. The van der Waals surface area contributed by atoms with Crippen LogP contribution in [0.5, 0.6) is 0 Å². The van der Waals surface area contributed by atoms with Gasteiger partial charge in [-0.1, -0.05) is 12.1 Å². The number of benzene rings is 2. The van der Waals surface area contributed by atoms with Crippen molar-refractivity contribution in [1.29, 1.82) is 0 Å². The Morgan fingerprint density at radius 1 is 0.926 bits per heavy atom. The number of nitrogens with one attached hydrogen (secondary N) is 2. The van der Waals surface area contributed by atoms with Gasteiger partial charge in [0.1, 0.15) is 11.5 Å². The van der Waals surface area contributed by atoms with Crippen molar-refractivity contribution in [2.24, 2.45) is 0 Å². The second kappa shape index (κ2) is 7.86. The molecule has 0 saturated heterocycles. The number of anilines is 2. The van der Waals surface area contributed by atoms with Gasteiger partial charge in [0.15, 0.2) is 17.5 Å². The van der Waals surface area contributed by atoms with Crippen molar-refractivity contribution in [1.82, 2.24) is 10.3 Å². The van der Waals surface area contributed by atoms with E-state index in [0.717, 1.165) is 12.1 Å². The van der Waals surface area contributed by atoms with Gasteiger partial charge in [-0.2, -0.15) is 0 Å². The van der Waals surface area contributed by atoms with Crippen LogP contribution in [0.15, 0.2) is 54.7 Å². The summed E-state index contributed by atoms with van der Waals surface area (Å²) >= 11 is 0. The number of pyridine rings is 1. The summed E-state index contributed by atoms with van der Waals surface area (Å²) in [5.41, 5.74) is 0.715. The summed E-state index contributed by atoms with van der Waals surface area (Å²) in [6, 6.07) is 10.2. The van der Waals surface area contributed by atoms with Crippen molar-refractivity contribution in [3.8, 4) is 0 Å². The fourth-order valence-electron chi connectivity index (χ4n) is 2.29. The number of rotatable bonds is 5. The largest absolute Gasteiger partial charge is 0.353 e. The van der Waals surface area contributed by atoms with Crippen molar-refractivity contribution >= 4 is 17.3 Å². The minimum atomic E-state index is -1.59. The molecule has 0 aliphatic carbocycles. The summed E-state index contributed by atoms with van der Waals surface area (Å²) in [6.07, 6.45) is 1.31. The first kappa shape index (κ1) is 18.4. The minimum absolute atomic E-state index is 0.0325. The second-order valence-electron chi connectivity index (χ2n) is 5.59. The first-order valence-corrected chi connectivity index (χ1v) is 7.83. The summed E-state index contributed by atoms with van der Waals surface area (Å²) in [7, 11) is 0. The average Bonchev–Trinajstić information content (AvgIpc) is 2.68. The van der Waals surface area contributed by atoms with E-state index < -0.39 is 23.4 Å². The van der Waals surface area contributed by atoms with E-state index in [1.54, 1.807) is 0 Å². The van der Waals surface area contributed by atoms with Gasteiger partial charge in [0.2, 0.25) is 0 Å². The molecule has 0 aliphatic rings. The zero-order valence-corrected chi connectivity index (χ0v) is 13.8. The highest BCUT2D eigenvalue weighted by molar-refractivity contribution is 5.93.